The van der Waals surface area contributed by atoms with Crippen LogP contribution in [0, 0.1) is 0 Å². The number of halogens is 1. The van der Waals surface area contributed by atoms with Crippen LogP contribution in [0.4, 0.5) is 0 Å². The van der Waals surface area contributed by atoms with Gasteiger partial charge in [0.05, 0.1) is 6.04 Å². The molecule has 0 aromatic carbocycles. The molecule has 1 aliphatic heterocycles. The maximum absolute atomic E-state index is 4.56. The van der Waals surface area contributed by atoms with Crippen LogP contribution in [-0.2, 0) is 0 Å². The zero-order valence-corrected chi connectivity index (χ0v) is 10.4. The van der Waals surface area contributed by atoms with E-state index in [0.29, 0.717) is 6.04 Å². The normalized spacial score (nSPS) is 21.4. The minimum atomic E-state index is 0.320. The van der Waals surface area contributed by atoms with E-state index in [4.69, 9.17) is 0 Å². The van der Waals surface area contributed by atoms with Crippen LogP contribution in [0.5, 0.6) is 0 Å². The molecule has 84 valence electrons. The molecule has 4 nitrogen and oxygen atoms in total. The maximum Gasteiger partial charge on any atom is 0.168 e. The van der Waals surface area contributed by atoms with Gasteiger partial charge in [0.15, 0.2) is 11.5 Å². The van der Waals surface area contributed by atoms with Gasteiger partial charge in [0.2, 0.25) is 0 Å². The number of pyridine rings is 1. The molecule has 1 fully saturated rings. The van der Waals surface area contributed by atoms with Crippen LogP contribution in [0.1, 0.15) is 31.1 Å². The number of rotatable bonds is 1. The Balaban J connectivity index is 2.01. The average Bonchev–Trinajstić information content (AvgIpc) is 2.76. The van der Waals surface area contributed by atoms with E-state index in [-0.39, 0.29) is 0 Å². The predicted octanol–water partition coefficient (Wildman–Crippen LogP) is 2.31. The summed E-state index contributed by atoms with van der Waals surface area (Å²) in [6.07, 6.45) is 3.65. The van der Waals surface area contributed by atoms with E-state index in [2.05, 4.69) is 31.3 Å². The molecule has 2 aromatic rings. The van der Waals surface area contributed by atoms with E-state index in [1.54, 1.807) is 0 Å². The van der Waals surface area contributed by atoms with E-state index >= 15 is 0 Å². The van der Waals surface area contributed by atoms with Gasteiger partial charge in [-0.05, 0) is 47.4 Å². The Hall–Kier alpha value is -0.940. The molecule has 0 aliphatic carbocycles. The molecule has 0 saturated carbocycles. The van der Waals surface area contributed by atoms with Crippen molar-refractivity contribution in [3.8, 4) is 0 Å². The predicted molar refractivity (Wildman–Crippen MR) is 65.3 cm³/mol. The number of piperidine rings is 1. The lowest BCUT2D eigenvalue weighted by Gasteiger charge is -2.20. The molecular weight excluding hydrogens is 268 g/mol. The first kappa shape index (κ1) is 10.2. The van der Waals surface area contributed by atoms with Crippen molar-refractivity contribution in [1.29, 1.82) is 0 Å². The molecule has 0 bridgehead atoms. The molecule has 2 aromatic heterocycles. The van der Waals surface area contributed by atoms with Crippen LogP contribution in [0.15, 0.2) is 22.8 Å². The van der Waals surface area contributed by atoms with Crippen LogP contribution in [-0.4, -0.2) is 21.1 Å². The Morgan fingerprint density at radius 2 is 2.31 bits per heavy atom. The summed E-state index contributed by atoms with van der Waals surface area (Å²) in [6, 6.07) is 6.25. The molecule has 1 atom stereocenters. The first-order chi connectivity index (χ1) is 7.84. The van der Waals surface area contributed by atoms with Crippen molar-refractivity contribution in [3.63, 3.8) is 0 Å². The number of aromatic nitrogens is 3. The molecule has 1 unspecified atom stereocenters. The van der Waals surface area contributed by atoms with Crippen molar-refractivity contribution in [1.82, 2.24) is 19.9 Å². The SMILES string of the molecule is Brc1cccc2nc(C3CCCCN3)nn12. The lowest BCUT2D eigenvalue weighted by Crippen LogP contribution is -2.27. The quantitative estimate of drug-likeness (QED) is 0.816. The van der Waals surface area contributed by atoms with Crippen molar-refractivity contribution in [2.45, 2.75) is 25.3 Å². The number of hydrogen-bond acceptors (Lipinski definition) is 3. The van der Waals surface area contributed by atoms with Crippen molar-refractivity contribution in [2.75, 3.05) is 6.54 Å². The zero-order valence-electron chi connectivity index (χ0n) is 8.86. The molecule has 1 aliphatic rings. The second-order valence-corrected chi connectivity index (χ2v) is 4.90. The standard InChI is InChI=1S/C11H13BrN4/c12-9-5-3-6-10-14-11(15-16(9)10)8-4-1-2-7-13-8/h3,5-6,8,13H,1-2,4,7H2. The highest BCUT2D eigenvalue weighted by molar-refractivity contribution is 9.10. The van der Waals surface area contributed by atoms with Crippen molar-refractivity contribution in [2.24, 2.45) is 0 Å². The summed E-state index contributed by atoms with van der Waals surface area (Å²) in [6.45, 7) is 1.07. The van der Waals surface area contributed by atoms with E-state index in [1.807, 2.05) is 22.7 Å². The summed E-state index contributed by atoms with van der Waals surface area (Å²) in [5.74, 6) is 0.909. The Kier molecular flexibility index (Phi) is 2.65. The van der Waals surface area contributed by atoms with Crippen molar-refractivity contribution >= 4 is 21.6 Å². The van der Waals surface area contributed by atoms with Crippen molar-refractivity contribution in [3.05, 3.63) is 28.6 Å². The summed E-state index contributed by atoms with van der Waals surface area (Å²) < 4.78 is 2.78. The van der Waals surface area contributed by atoms with Gasteiger partial charge in [-0.25, -0.2) is 9.50 Å². The minimum absolute atomic E-state index is 0.320. The molecule has 3 heterocycles. The van der Waals surface area contributed by atoms with Gasteiger partial charge in [0.1, 0.15) is 4.60 Å². The average molecular weight is 281 g/mol. The molecule has 0 amide bonds. The molecule has 0 spiro atoms. The third kappa shape index (κ3) is 1.74. The van der Waals surface area contributed by atoms with Gasteiger partial charge in [-0.15, -0.1) is 5.10 Å². The third-order valence-electron chi connectivity index (χ3n) is 2.95. The molecule has 5 heteroatoms. The monoisotopic (exact) mass is 280 g/mol. The van der Waals surface area contributed by atoms with Gasteiger partial charge in [-0.1, -0.05) is 12.5 Å². The fraction of sp³-hybridized carbons (Fsp3) is 0.455. The zero-order chi connectivity index (χ0) is 11.0. The minimum Gasteiger partial charge on any atom is -0.307 e. The van der Waals surface area contributed by atoms with Crippen LogP contribution >= 0.6 is 15.9 Å². The van der Waals surface area contributed by atoms with Gasteiger partial charge in [0, 0.05) is 0 Å². The lowest BCUT2D eigenvalue weighted by molar-refractivity contribution is 0.397. The van der Waals surface area contributed by atoms with E-state index in [0.717, 1.165) is 29.0 Å². The topological polar surface area (TPSA) is 42.2 Å². The Labute approximate surface area is 102 Å². The summed E-state index contributed by atoms with van der Waals surface area (Å²) >= 11 is 3.47. The summed E-state index contributed by atoms with van der Waals surface area (Å²) in [7, 11) is 0. The van der Waals surface area contributed by atoms with E-state index in [9.17, 15) is 0 Å². The summed E-state index contributed by atoms with van der Waals surface area (Å²) in [5, 5.41) is 7.99. The molecule has 1 N–H and O–H groups in total. The van der Waals surface area contributed by atoms with Crippen LogP contribution in [0.3, 0.4) is 0 Å². The molecule has 1 saturated heterocycles. The lowest BCUT2D eigenvalue weighted by atomic mass is 10.0. The van der Waals surface area contributed by atoms with Gasteiger partial charge >= 0.3 is 0 Å². The second-order valence-electron chi connectivity index (χ2n) is 4.09. The Morgan fingerprint density at radius 1 is 1.38 bits per heavy atom. The van der Waals surface area contributed by atoms with E-state index in [1.165, 1.54) is 12.8 Å². The van der Waals surface area contributed by atoms with Crippen LogP contribution in [0.25, 0.3) is 5.65 Å². The largest absolute Gasteiger partial charge is 0.307 e. The van der Waals surface area contributed by atoms with Crippen molar-refractivity contribution < 1.29 is 0 Å². The van der Waals surface area contributed by atoms with Crippen LogP contribution < -0.4 is 5.32 Å². The highest BCUT2D eigenvalue weighted by atomic mass is 79.9. The number of nitrogens with one attached hydrogen (secondary N) is 1. The number of nitrogens with zero attached hydrogens (tertiary/aromatic N) is 3. The molecule has 16 heavy (non-hydrogen) atoms. The van der Waals surface area contributed by atoms with Crippen LogP contribution in [0.2, 0.25) is 0 Å². The fourth-order valence-electron chi connectivity index (χ4n) is 2.11. The Bertz CT molecular complexity index is 502. The highest BCUT2D eigenvalue weighted by Gasteiger charge is 2.19. The van der Waals surface area contributed by atoms with Gasteiger partial charge in [0.25, 0.3) is 0 Å². The highest BCUT2D eigenvalue weighted by Crippen LogP contribution is 2.21. The van der Waals surface area contributed by atoms with Gasteiger partial charge < -0.3 is 5.32 Å². The summed E-state index contributed by atoms with van der Waals surface area (Å²) in [4.78, 5) is 4.56. The molecule has 3 rings (SSSR count). The molecule has 0 radical (unpaired) electrons. The van der Waals surface area contributed by atoms with Gasteiger partial charge in [-0.3, -0.25) is 0 Å². The summed E-state index contributed by atoms with van der Waals surface area (Å²) in [5.41, 5.74) is 0.900. The number of fused-ring (bicyclic) bond motifs is 1. The maximum atomic E-state index is 4.56. The first-order valence-corrected chi connectivity index (χ1v) is 6.38. The number of hydrogen-bond donors (Lipinski definition) is 1. The fourth-order valence-corrected chi connectivity index (χ4v) is 2.52. The first-order valence-electron chi connectivity index (χ1n) is 5.59. The molecular formula is C11H13BrN4. The second kappa shape index (κ2) is 4.14. The smallest absolute Gasteiger partial charge is 0.168 e. The third-order valence-corrected chi connectivity index (χ3v) is 3.55. The van der Waals surface area contributed by atoms with E-state index < -0.39 is 0 Å². The Morgan fingerprint density at radius 3 is 3.06 bits per heavy atom. The van der Waals surface area contributed by atoms with Gasteiger partial charge in [-0.2, -0.15) is 0 Å².